The molecule has 1 aliphatic carbocycles. The summed E-state index contributed by atoms with van der Waals surface area (Å²) < 4.78 is 5.32. The molecule has 4 heteroatoms. The Morgan fingerprint density at radius 1 is 1.12 bits per heavy atom. The second kappa shape index (κ2) is 8.21. The fourth-order valence-electron chi connectivity index (χ4n) is 4.34. The quantitative estimate of drug-likeness (QED) is 0.809. The number of likely N-dealkylation sites (tertiary alicyclic amines) is 1. The zero-order valence-electron chi connectivity index (χ0n) is 15.3. The van der Waals surface area contributed by atoms with Crippen LogP contribution in [0.2, 0.25) is 0 Å². The molecule has 0 spiro atoms. The average Bonchev–Trinajstić information content (AvgIpc) is 2.60. The molecule has 24 heavy (non-hydrogen) atoms. The van der Waals surface area contributed by atoms with E-state index in [1.165, 1.54) is 57.2 Å². The van der Waals surface area contributed by atoms with Gasteiger partial charge in [-0.15, -0.1) is 0 Å². The van der Waals surface area contributed by atoms with Gasteiger partial charge in [0.25, 0.3) is 0 Å². The number of nitrogen functional groups attached to an aromatic ring is 1. The molecule has 4 nitrogen and oxygen atoms in total. The monoisotopic (exact) mass is 331 g/mol. The largest absolute Gasteiger partial charge is 0.397 e. The smallest absolute Gasteiger partial charge is 0.0578 e. The van der Waals surface area contributed by atoms with Crippen molar-refractivity contribution in [1.29, 1.82) is 0 Å². The van der Waals surface area contributed by atoms with Gasteiger partial charge in [-0.3, -0.25) is 0 Å². The van der Waals surface area contributed by atoms with Crippen molar-refractivity contribution < 1.29 is 4.74 Å². The summed E-state index contributed by atoms with van der Waals surface area (Å²) in [6.07, 6.45) is 7.78. The summed E-state index contributed by atoms with van der Waals surface area (Å²) >= 11 is 0. The number of methoxy groups -OCH3 is 1. The van der Waals surface area contributed by atoms with Crippen LogP contribution in [0.1, 0.15) is 44.1 Å². The number of aryl methyl sites for hydroxylation is 1. The van der Waals surface area contributed by atoms with Gasteiger partial charge < -0.3 is 20.7 Å². The van der Waals surface area contributed by atoms with Crippen LogP contribution in [0.15, 0.2) is 18.2 Å². The topological polar surface area (TPSA) is 50.5 Å². The van der Waals surface area contributed by atoms with E-state index in [1.807, 2.05) is 13.2 Å². The molecule has 1 aliphatic heterocycles. The van der Waals surface area contributed by atoms with E-state index in [4.69, 9.17) is 10.5 Å². The van der Waals surface area contributed by atoms with Gasteiger partial charge in [0, 0.05) is 38.9 Å². The van der Waals surface area contributed by atoms with Gasteiger partial charge in [-0.25, -0.2) is 0 Å². The molecule has 3 rings (SSSR count). The normalized spacial score (nSPS) is 26.4. The summed E-state index contributed by atoms with van der Waals surface area (Å²) in [5, 5.41) is 3.67. The number of piperidine rings is 1. The Morgan fingerprint density at radius 2 is 1.83 bits per heavy atom. The fraction of sp³-hybridized carbons (Fsp3) is 0.700. The Hall–Kier alpha value is -1.26. The number of anilines is 2. The molecule has 3 N–H and O–H groups in total. The molecule has 134 valence electrons. The van der Waals surface area contributed by atoms with Gasteiger partial charge in [0.15, 0.2) is 0 Å². The predicted octanol–water partition coefficient (Wildman–Crippen LogP) is 3.66. The molecule has 0 aromatic heterocycles. The lowest BCUT2D eigenvalue weighted by Gasteiger charge is -2.41. The van der Waals surface area contributed by atoms with Crippen LogP contribution in [0, 0.1) is 12.8 Å². The molecule has 0 unspecified atom stereocenters. The van der Waals surface area contributed by atoms with Crippen LogP contribution in [0.5, 0.6) is 0 Å². The minimum Gasteiger partial charge on any atom is -0.397 e. The minimum absolute atomic E-state index is 0.551. The fourth-order valence-corrected chi connectivity index (χ4v) is 4.34. The number of rotatable bonds is 5. The zero-order valence-corrected chi connectivity index (χ0v) is 15.3. The van der Waals surface area contributed by atoms with Crippen LogP contribution < -0.4 is 11.1 Å². The Balaban J connectivity index is 1.45. The average molecular weight is 332 g/mol. The number of ether oxygens (including phenoxy) is 1. The molecule has 0 atom stereocenters. The maximum absolute atomic E-state index is 6.11. The van der Waals surface area contributed by atoms with Gasteiger partial charge in [-0.05, 0) is 69.1 Å². The van der Waals surface area contributed by atoms with Crippen molar-refractivity contribution in [1.82, 2.24) is 4.90 Å². The summed E-state index contributed by atoms with van der Waals surface area (Å²) in [5.41, 5.74) is 9.33. The van der Waals surface area contributed by atoms with E-state index >= 15 is 0 Å². The first kappa shape index (κ1) is 17.6. The molecular weight excluding hydrogens is 298 g/mol. The van der Waals surface area contributed by atoms with E-state index in [-0.39, 0.29) is 0 Å². The molecule has 1 aromatic rings. The highest BCUT2D eigenvalue weighted by Gasteiger charge is 2.29. The third kappa shape index (κ3) is 4.42. The van der Waals surface area contributed by atoms with Crippen LogP contribution in [-0.2, 0) is 4.74 Å². The molecule has 0 amide bonds. The first-order chi connectivity index (χ1) is 11.7. The number of nitrogens with one attached hydrogen (secondary N) is 1. The first-order valence-electron chi connectivity index (χ1n) is 9.51. The van der Waals surface area contributed by atoms with Crippen molar-refractivity contribution in [2.45, 2.75) is 57.5 Å². The van der Waals surface area contributed by atoms with Crippen molar-refractivity contribution >= 4 is 11.4 Å². The maximum Gasteiger partial charge on any atom is 0.0578 e. The van der Waals surface area contributed by atoms with Crippen molar-refractivity contribution in [3.63, 3.8) is 0 Å². The van der Waals surface area contributed by atoms with Gasteiger partial charge in [0.05, 0.1) is 11.4 Å². The summed E-state index contributed by atoms with van der Waals surface area (Å²) in [5.74, 6) is 0.787. The van der Waals surface area contributed by atoms with Crippen LogP contribution in [-0.4, -0.2) is 43.8 Å². The lowest BCUT2D eigenvalue weighted by atomic mass is 9.85. The number of nitrogens with zero attached hydrogens (tertiary/aromatic N) is 1. The number of hydrogen-bond acceptors (Lipinski definition) is 4. The van der Waals surface area contributed by atoms with Gasteiger partial charge in [-0.2, -0.15) is 0 Å². The number of nitrogens with two attached hydrogens (primary N) is 1. The van der Waals surface area contributed by atoms with E-state index < -0.39 is 0 Å². The van der Waals surface area contributed by atoms with Gasteiger partial charge in [0.2, 0.25) is 0 Å². The molecule has 2 fully saturated rings. The highest BCUT2D eigenvalue weighted by Crippen LogP contribution is 2.30. The van der Waals surface area contributed by atoms with Crippen molar-refractivity contribution in [2.75, 3.05) is 37.9 Å². The minimum atomic E-state index is 0.551. The zero-order chi connectivity index (χ0) is 16.9. The van der Waals surface area contributed by atoms with Crippen LogP contribution >= 0.6 is 0 Å². The summed E-state index contributed by atoms with van der Waals surface area (Å²) in [6.45, 7) is 5.48. The van der Waals surface area contributed by atoms with Crippen LogP contribution in [0.25, 0.3) is 0 Å². The van der Waals surface area contributed by atoms with Gasteiger partial charge in [0.1, 0.15) is 0 Å². The molecular formula is C20H33N3O. The Kier molecular flexibility index (Phi) is 6.01. The maximum atomic E-state index is 6.11. The third-order valence-corrected chi connectivity index (χ3v) is 5.83. The number of benzene rings is 1. The second-order valence-electron chi connectivity index (χ2n) is 7.68. The molecule has 1 aromatic carbocycles. The van der Waals surface area contributed by atoms with Crippen LogP contribution in [0.4, 0.5) is 11.4 Å². The second-order valence-corrected chi connectivity index (χ2v) is 7.68. The summed E-state index contributed by atoms with van der Waals surface area (Å²) in [6, 6.07) is 7.59. The number of hydrogen-bond donors (Lipinski definition) is 2. The van der Waals surface area contributed by atoms with E-state index in [2.05, 4.69) is 29.3 Å². The lowest BCUT2D eigenvalue weighted by Crippen LogP contribution is -2.46. The molecule has 0 radical (unpaired) electrons. The molecule has 1 saturated carbocycles. The third-order valence-electron chi connectivity index (χ3n) is 5.83. The SMILES string of the molecule is COC[C@H]1CC[C@H](N2CCC(Nc3cc(C)ccc3N)CC2)CC1. The van der Waals surface area contributed by atoms with E-state index in [9.17, 15) is 0 Å². The van der Waals surface area contributed by atoms with Crippen molar-refractivity contribution in [2.24, 2.45) is 5.92 Å². The van der Waals surface area contributed by atoms with E-state index in [0.717, 1.165) is 29.9 Å². The molecule has 0 bridgehead atoms. The lowest BCUT2D eigenvalue weighted by molar-refractivity contribution is 0.0785. The molecule has 1 saturated heterocycles. The van der Waals surface area contributed by atoms with Crippen molar-refractivity contribution in [3.05, 3.63) is 23.8 Å². The first-order valence-corrected chi connectivity index (χ1v) is 9.51. The van der Waals surface area contributed by atoms with E-state index in [0.29, 0.717) is 6.04 Å². The highest BCUT2D eigenvalue weighted by atomic mass is 16.5. The van der Waals surface area contributed by atoms with E-state index in [1.54, 1.807) is 0 Å². The Labute approximate surface area is 146 Å². The summed E-state index contributed by atoms with van der Waals surface area (Å²) in [7, 11) is 1.82. The van der Waals surface area contributed by atoms with Crippen LogP contribution in [0.3, 0.4) is 0 Å². The standard InChI is InChI=1S/C20H33N3O/c1-15-3-8-19(21)20(13-15)22-17-9-11-23(12-10-17)18-6-4-16(5-7-18)14-24-2/h3,8,13,16-18,22H,4-7,9-12,14,21H2,1-2H3/t16-,18-. The molecule has 2 aliphatic rings. The highest BCUT2D eigenvalue weighted by molar-refractivity contribution is 5.67. The van der Waals surface area contributed by atoms with Gasteiger partial charge in [-0.1, -0.05) is 6.07 Å². The summed E-state index contributed by atoms with van der Waals surface area (Å²) in [4.78, 5) is 2.72. The Bertz CT molecular complexity index is 518. The predicted molar refractivity (Wildman–Crippen MR) is 101 cm³/mol. The Morgan fingerprint density at radius 3 is 2.50 bits per heavy atom. The van der Waals surface area contributed by atoms with Gasteiger partial charge >= 0.3 is 0 Å². The van der Waals surface area contributed by atoms with Crippen molar-refractivity contribution in [3.8, 4) is 0 Å². The molecule has 1 heterocycles.